The molecule has 9 nitrogen and oxygen atoms in total. The zero-order chi connectivity index (χ0) is 24.1. The SMILES string of the molecule is CC1C=C(n2c([C@@H]3CCCN3c3ncnc4[nH]cnc(=O)c34)nc3cccc(Cl)c3c2=O)C=CC1. The van der Waals surface area contributed by atoms with Gasteiger partial charge in [0.25, 0.3) is 11.1 Å². The van der Waals surface area contributed by atoms with E-state index in [0.717, 1.165) is 25.0 Å². The van der Waals surface area contributed by atoms with Gasteiger partial charge in [0.1, 0.15) is 29.0 Å². The Morgan fingerprint density at radius 3 is 2.89 bits per heavy atom. The molecule has 2 atom stereocenters. The minimum Gasteiger partial charge on any atom is -0.346 e. The molecule has 1 aliphatic heterocycles. The Morgan fingerprint density at radius 1 is 1.14 bits per heavy atom. The number of nitrogens with zero attached hydrogens (tertiary/aromatic N) is 6. The van der Waals surface area contributed by atoms with E-state index in [1.54, 1.807) is 22.8 Å². The second-order valence-corrected chi connectivity index (χ2v) is 9.34. The van der Waals surface area contributed by atoms with Gasteiger partial charge in [-0.1, -0.05) is 36.7 Å². The van der Waals surface area contributed by atoms with E-state index in [9.17, 15) is 9.59 Å². The molecule has 1 unspecified atom stereocenters. The molecular weight excluding hydrogens is 466 g/mol. The third kappa shape index (κ3) is 3.54. The van der Waals surface area contributed by atoms with Gasteiger partial charge in [0, 0.05) is 12.2 Å². The summed E-state index contributed by atoms with van der Waals surface area (Å²) in [5, 5.41) is 1.09. The van der Waals surface area contributed by atoms with Crippen molar-refractivity contribution in [3.05, 3.63) is 80.6 Å². The number of allylic oxidation sites excluding steroid dienone is 4. The third-order valence-corrected chi connectivity index (χ3v) is 6.94. The Bertz CT molecular complexity index is 1650. The van der Waals surface area contributed by atoms with Crippen molar-refractivity contribution in [3.8, 4) is 0 Å². The molecule has 35 heavy (non-hydrogen) atoms. The fourth-order valence-electron chi connectivity index (χ4n) is 5.05. The highest BCUT2D eigenvalue weighted by Crippen LogP contribution is 2.37. The number of benzene rings is 1. The van der Waals surface area contributed by atoms with Gasteiger partial charge < -0.3 is 9.88 Å². The van der Waals surface area contributed by atoms with Gasteiger partial charge in [-0.25, -0.2) is 15.0 Å². The molecule has 4 heterocycles. The topological polar surface area (TPSA) is 110 Å². The molecule has 0 spiro atoms. The molecule has 6 rings (SSSR count). The molecule has 0 bridgehead atoms. The summed E-state index contributed by atoms with van der Waals surface area (Å²) in [6, 6.07) is 5.02. The van der Waals surface area contributed by atoms with Gasteiger partial charge in [-0.05, 0) is 43.4 Å². The van der Waals surface area contributed by atoms with E-state index in [1.807, 2.05) is 11.0 Å². The minimum absolute atomic E-state index is 0.209. The molecular formula is C25H22ClN7O2. The average molecular weight is 488 g/mol. The normalized spacial score (nSPS) is 20.1. The lowest BCUT2D eigenvalue weighted by Crippen LogP contribution is -2.33. The van der Waals surface area contributed by atoms with Crippen molar-refractivity contribution in [2.24, 2.45) is 5.92 Å². The van der Waals surface area contributed by atoms with Crippen LogP contribution in [0.4, 0.5) is 5.82 Å². The van der Waals surface area contributed by atoms with Gasteiger partial charge in [-0.3, -0.25) is 14.2 Å². The molecule has 0 amide bonds. The van der Waals surface area contributed by atoms with Gasteiger partial charge in [-0.2, -0.15) is 4.98 Å². The molecule has 2 aliphatic rings. The van der Waals surface area contributed by atoms with Crippen molar-refractivity contribution >= 4 is 45.1 Å². The largest absolute Gasteiger partial charge is 0.346 e. The minimum atomic E-state index is -0.401. The zero-order valence-corrected chi connectivity index (χ0v) is 19.7. The molecule has 1 aliphatic carbocycles. The van der Waals surface area contributed by atoms with Gasteiger partial charge in [0.2, 0.25) is 0 Å². The van der Waals surface area contributed by atoms with E-state index in [2.05, 4.69) is 39.0 Å². The van der Waals surface area contributed by atoms with E-state index in [1.165, 1.54) is 12.7 Å². The molecule has 10 heteroatoms. The van der Waals surface area contributed by atoms with E-state index < -0.39 is 5.56 Å². The van der Waals surface area contributed by atoms with Crippen LogP contribution in [-0.2, 0) is 0 Å². The average Bonchev–Trinajstić information content (AvgIpc) is 3.33. The number of aromatic amines is 1. The van der Waals surface area contributed by atoms with E-state index in [4.69, 9.17) is 16.6 Å². The first-order valence-electron chi connectivity index (χ1n) is 11.6. The second-order valence-electron chi connectivity index (χ2n) is 8.93. The summed E-state index contributed by atoms with van der Waals surface area (Å²) in [5.74, 6) is 1.37. The number of hydrogen-bond donors (Lipinski definition) is 1. The highest BCUT2D eigenvalue weighted by atomic mass is 35.5. The number of hydrogen-bond acceptors (Lipinski definition) is 7. The second kappa shape index (κ2) is 8.42. The Labute approximate surface area is 204 Å². The van der Waals surface area contributed by atoms with Gasteiger partial charge in [0.15, 0.2) is 0 Å². The first-order valence-corrected chi connectivity index (χ1v) is 12.0. The molecule has 4 aromatic rings. The molecule has 1 saturated heterocycles. The molecule has 3 aromatic heterocycles. The summed E-state index contributed by atoms with van der Waals surface area (Å²) in [7, 11) is 0. The van der Waals surface area contributed by atoms with Crippen molar-refractivity contribution in [2.45, 2.75) is 32.2 Å². The van der Waals surface area contributed by atoms with Crippen molar-refractivity contribution in [1.29, 1.82) is 0 Å². The third-order valence-electron chi connectivity index (χ3n) is 6.63. The van der Waals surface area contributed by atoms with Crippen LogP contribution in [0.3, 0.4) is 0 Å². The lowest BCUT2D eigenvalue weighted by atomic mass is 10.0. The Balaban J connectivity index is 1.61. The standard InChI is InChI=1S/C25H22ClN7O2/c1-14-5-2-6-15(11-14)33-22(31-17-8-3-7-16(26)19(17)25(33)35)18-9-4-10-32(18)23-20-21(27-12-29-23)28-13-30-24(20)34/h2-3,6-8,11-14,18H,4-5,9-10H2,1H3,(H,27,28,29,30,34)/t14?,18-/m0/s1. The predicted molar refractivity (Wildman–Crippen MR) is 135 cm³/mol. The van der Waals surface area contributed by atoms with Gasteiger partial charge in [-0.15, -0.1) is 0 Å². The highest BCUT2D eigenvalue weighted by Gasteiger charge is 2.34. The first kappa shape index (κ1) is 21.7. The van der Waals surface area contributed by atoms with Crippen LogP contribution in [0.5, 0.6) is 0 Å². The lowest BCUT2D eigenvalue weighted by molar-refractivity contribution is 0.634. The number of aromatic nitrogens is 6. The van der Waals surface area contributed by atoms with Crippen LogP contribution in [0.2, 0.25) is 5.02 Å². The monoisotopic (exact) mass is 487 g/mol. The molecule has 0 saturated carbocycles. The number of fused-ring (bicyclic) bond motifs is 2. The van der Waals surface area contributed by atoms with Crippen LogP contribution >= 0.6 is 11.6 Å². The van der Waals surface area contributed by atoms with Gasteiger partial charge in [0.05, 0.1) is 28.3 Å². The van der Waals surface area contributed by atoms with Crippen molar-refractivity contribution < 1.29 is 0 Å². The molecule has 0 radical (unpaired) electrons. The maximum Gasteiger partial charge on any atom is 0.285 e. The number of halogens is 1. The molecule has 1 fully saturated rings. The smallest absolute Gasteiger partial charge is 0.285 e. The summed E-state index contributed by atoms with van der Waals surface area (Å²) in [6.45, 7) is 2.77. The van der Waals surface area contributed by atoms with Crippen LogP contribution in [0.15, 0.2) is 58.7 Å². The summed E-state index contributed by atoms with van der Waals surface area (Å²) in [4.78, 5) is 49.1. The predicted octanol–water partition coefficient (Wildman–Crippen LogP) is 3.85. The van der Waals surface area contributed by atoms with Crippen molar-refractivity contribution in [2.75, 3.05) is 11.4 Å². The van der Waals surface area contributed by atoms with E-state index in [0.29, 0.717) is 45.1 Å². The lowest BCUT2D eigenvalue weighted by Gasteiger charge is -2.28. The van der Waals surface area contributed by atoms with Crippen LogP contribution in [0.1, 0.15) is 38.1 Å². The summed E-state index contributed by atoms with van der Waals surface area (Å²) in [6.07, 6.45) is 11.4. The number of rotatable bonds is 3. The molecule has 176 valence electrons. The van der Waals surface area contributed by atoms with Crippen LogP contribution in [0.25, 0.3) is 27.6 Å². The fourth-order valence-corrected chi connectivity index (χ4v) is 5.30. The first-order chi connectivity index (χ1) is 17.0. The van der Waals surface area contributed by atoms with E-state index in [-0.39, 0.29) is 17.5 Å². The van der Waals surface area contributed by atoms with Crippen LogP contribution < -0.4 is 16.0 Å². The molecule has 1 aromatic carbocycles. The Kier molecular flexibility index (Phi) is 5.21. The highest BCUT2D eigenvalue weighted by molar-refractivity contribution is 6.35. The van der Waals surface area contributed by atoms with Gasteiger partial charge >= 0.3 is 0 Å². The number of H-pyrrole nitrogens is 1. The van der Waals surface area contributed by atoms with Crippen molar-refractivity contribution in [3.63, 3.8) is 0 Å². The zero-order valence-electron chi connectivity index (χ0n) is 19.0. The quantitative estimate of drug-likeness (QED) is 0.467. The number of nitrogens with one attached hydrogen (secondary N) is 1. The Morgan fingerprint density at radius 2 is 2.03 bits per heavy atom. The summed E-state index contributed by atoms with van der Waals surface area (Å²) >= 11 is 6.46. The Hall–Kier alpha value is -3.85. The van der Waals surface area contributed by atoms with Crippen molar-refractivity contribution in [1.82, 2.24) is 29.5 Å². The van der Waals surface area contributed by atoms with Crippen LogP contribution in [0, 0.1) is 5.92 Å². The summed E-state index contributed by atoms with van der Waals surface area (Å²) in [5.41, 5.74) is 1.13. The maximum absolute atomic E-state index is 13.9. The van der Waals surface area contributed by atoms with E-state index >= 15 is 0 Å². The number of anilines is 1. The summed E-state index contributed by atoms with van der Waals surface area (Å²) < 4.78 is 1.68. The van der Waals surface area contributed by atoms with Crippen LogP contribution in [-0.4, -0.2) is 36.0 Å². The molecule has 1 N–H and O–H groups in total. The fraction of sp³-hybridized carbons (Fsp3) is 0.280. The maximum atomic E-state index is 13.9.